The second-order valence-electron chi connectivity index (χ2n) is 9.80. The normalized spacial score (nSPS) is 12.7. The van der Waals surface area contributed by atoms with Gasteiger partial charge in [-0.2, -0.15) is 0 Å². The molecule has 0 unspecified atom stereocenters. The molecule has 1 aliphatic rings. The Balaban J connectivity index is 1.35. The fraction of sp³-hybridized carbons (Fsp3) is 0.0278. The summed E-state index contributed by atoms with van der Waals surface area (Å²) < 4.78 is 0. The van der Waals surface area contributed by atoms with Gasteiger partial charge in [0.15, 0.2) is 17.5 Å². The molecule has 0 radical (unpaired) electrons. The van der Waals surface area contributed by atoms with Gasteiger partial charge in [0.05, 0.1) is 0 Å². The number of allylic oxidation sites excluding steroid dienone is 2. The van der Waals surface area contributed by atoms with Crippen LogP contribution in [-0.4, -0.2) is 21.5 Å². The molecule has 1 aromatic heterocycles. The summed E-state index contributed by atoms with van der Waals surface area (Å²) in [6.07, 6.45) is 6.32. The Morgan fingerprint density at radius 1 is 0.450 bits per heavy atom. The number of hydrogen-bond acceptors (Lipinski definition) is 4. The van der Waals surface area contributed by atoms with E-state index in [0.29, 0.717) is 17.5 Å². The molecule has 0 amide bonds. The predicted molar refractivity (Wildman–Crippen MR) is 164 cm³/mol. The van der Waals surface area contributed by atoms with Crippen molar-refractivity contribution < 1.29 is 0 Å². The van der Waals surface area contributed by atoms with Gasteiger partial charge in [-0.05, 0) is 45.2 Å². The molecule has 40 heavy (non-hydrogen) atoms. The quantitative estimate of drug-likeness (QED) is 0.252. The van der Waals surface area contributed by atoms with E-state index in [1.54, 1.807) is 0 Å². The molecule has 0 saturated carbocycles. The van der Waals surface area contributed by atoms with Crippen molar-refractivity contribution in [2.45, 2.75) is 0 Å². The van der Waals surface area contributed by atoms with Crippen molar-refractivity contribution in [1.29, 1.82) is 0 Å². The average Bonchev–Trinajstić information content (AvgIpc) is 3.05. The first-order chi connectivity index (χ1) is 19.8. The zero-order chi connectivity index (χ0) is 26.7. The van der Waals surface area contributed by atoms with E-state index in [9.17, 15) is 0 Å². The topological polar surface area (TPSA) is 50.7 Å². The van der Waals surface area contributed by atoms with Crippen LogP contribution in [0.2, 0.25) is 0 Å². The van der Waals surface area contributed by atoms with Gasteiger partial charge in [-0.3, -0.25) is 0 Å². The van der Waals surface area contributed by atoms with Crippen LogP contribution in [0.1, 0.15) is 5.56 Å². The maximum atomic E-state index is 4.98. The predicted octanol–water partition coefficient (Wildman–Crippen LogP) is 8.19. The van der Waals surface area contributed by atoms with E-state index in [0.717, 1.165) is 45.3 Å². The monoisotopic (exact) mass is 514 g/mol. The van der Waals surface area contributed by atoms with Crippen LogP contribution in [0.25, 0.3) is 61.6 Å². The lowest BCUT2D eigenvalue weighted by molar-refractivity contribution is 0.976. The van der Waals surface area contributed by atoms with Gasteiger partial charge in [-0.15, -0.1) is 0 Å². The molecule has 190 valence electrons. The second-order valence-corrected chi connectivity index (χ2v) is 9.80. The van der Waals surface area contributed by atoms with Crippen LogP contribution in [0, 0.1) is 0 Å². The number of dihydropyridines is 1. The molecule has 0 aliphatic carbocycles. The molecule has 6 aromatic rings. The minimum Gasteiger partial charge on any atom is -0.387 e. The summed E-state index contributed by atoms with van der Waals surface area (Å²) in [5, 5.41) is 5.64. The first-order valence-corrected chi connectivity index (χ1v) is 13.4. The molecule has 7 rings (SSSR count). The summed E-state index contributed by atoms with van der Waals surface area (Å²) in [5.74, 6) is 1.95. The number of nitrogens with zero attached hydrogens (tertiary/aromatic N) is 3. The van der Waals surface area contributed by atoms with Gasteiger partial charge >= 0.3 is 0 Å². The lowest BCUT2D eigenvalue weighted by Crippen LogP contribution is -2.08. The largest absolute Gasteiger partial charge is 0.387 e. The van der Waals surface area contributed by atoms with Crippen LogP contribution in [0.15, 0.2) is 140 Å². The van der Waals surface area contributed by atoms with Crippen LogP contribution in [-0.2, 0) is 0 Å². The fourth-order valence-corrected chi connectivity index (χ4v) is 5.02. The smallest absolute Gasteiger partial charge is 0.164 e. The van der Waals surface area contributed by atoms with Gasteiger partial charge in [0, 0.05) is 29.4 Å². The van der Waals surface area contributed by atoms with Gasteiger partial charge in [0.25, 0.3) is 0 Å². The van der Waals surface area contributed by atoms with E-state index in [4.69, 9.17) is 15.0 Å². The Hall–Kier alpha value is -5.35. The zero-order valence-corrected chi connectivity index (χ0v) is 21.8. The summed E-state index contributed by atoms with van der Waals surface area (Å²) in [4.78, 5) is 14.9. The molecule has 1 N–H and O–H groups in total. The van der Waals surface area contributed by atoms with Crippen molar-refractivity contribution in [2.75, 3.05) is 6.54 Å². The minimum absolute atomic E-state index is 0.649. The van der Waals surface area contributed by atoms with E-state index >= 15 is 0 Å². The molecule has 0 atom stereocenters. The molecule has 5 aromatic carbocycles. The number of hydrogen-bond donors (Lipinski definition) is 1. The van der Waals surface area contributed by atoms with Gasteiger partial charge in [0.2, 0.25) is 0 Å². The third kappa shape index (κ3) is 4.79. The van der Waals surface area contributed by atoms with Crippen molar-refractivity contribution in [3.8, 4) is 45.3 Å². The average molecular weight is 515 g/mol. The second kappa shape index (κ2) is 10.4. The van der Waals surface area contributed by atoms with E-state index in [2.05, 4.69) is 133 Å². The Morgan fingerprint density at radius 2 is 1.02 bits per heavy atom. The molecule has 4 nitrogen and oxygen atoms in total. The summed E-state index contributed by atoms with van der Waals surface area (Å²) in [6.45, 7) is 0.845. The van der Waals surface area contributed by atoms with Gasteiger partial charge < -0.3 is 5.32 Å². The summed E-state index contributed by atoms with van der Waals surface area (Å²) in [6, 6.07) is 41.9. The SMILES string of the molecule is C1=CC(c2cccc(-c3nc(-c4ccc(-c5ccccc5)cc4)nc(-c4ccc5ccccc5c4)n3)c2)=CNC1. The van der Waals surface area contributed by atoms with E-state index in [1.807, 2.05) is 12.3 Å². The standard InChI is InChI=1S/C36H26N4/c1-2-8-25(9-3-1)27-15-18-28(19-16-27)34-38-35(31-13-6-12-30(23-31)33-14-7-21-37-24-33)40-36(39-34)32-20-17-26-10-4-5-11-29(26)22-32/h1-20,22-24,37H,21H2. The molecule has 0 fully saturated rings. The highest BCUT2D eigenvalue weighted by molar-refractivity contribution is 5.87. The number of benzene rings is 5. The van der Waals surface area contributed by atoms with Crippen molar-refractivity contribution in [1.82, 2.24) is 20.3 Å². The van der Waals surface area contributed by atoms with Gasteiger partial charge in [0.1, 0.15) is 0 Å². The van der Waals surface area contributed by atoms with Crippen LogP contribution in [0.4, 0.5) is 0 Å². The lowest BCUT2D eigenvalue weighted by atomic mass is 10.0. The Kier molecular flexibility index (Phi) is 6.19. The Labute approximate surface area is 233 Å². The fourth-order valence-electron chi connectivity index (χ4n) is 5.02. The number of nitrogens with one attached hydrogen (secondary N) is 1. The van der Waals surface area contributed by atoms with Crippen molar-refractivity contribution >= 4 is 16.3 Å². The highest BCUT2D eigenvalue weighted by atomic mass is 15.0. The van der Waals surface area contributed by atoms with E-state index in [-0.39, 0.29) is 0 Å². The number of aromatic nitrogens is 3. The Morgan fingerprint density at radius 3 is 1.77 bits per heavy atom. The number of fused-ring (bicyclic) bond motifs is 1. The first-order valence-electron chi connectivity index (χ1n) is 13.4. The summed E-state index contributed by atoms with van der Waals surface area (Å²) in [7, 11) is 0. The van der Waals surface area contributed by atoms with Crippen LogP contribution < -0.4 is 5.32 Å². The van der Waals surface area contributed by atoms with E-state index < -0.39 is 0 Å². The van der Waals surface area contributed by atoms with Crippen LogP contribution >= 0.6 is 0 Å². The highest BCUT2D eigenvalue weighted by Crippen LogP contribution is 2.30. The van der Waals surface area contributed by atoms with Gasteiger partial charge in [-0.25, -0.2) is 15.0 Å². The third-order valence-corrected chi connectivity index (χ3v) is 7.14. The molecule has 2 heterocycles. The molecule has 0 saturated heterocycles. The van der Waals surface area contributed by atoms with Gasteiger partial charge in [-0.1, -0.05) is 121 Å². The maximum Gasteiger partial charge on any atom is 0.164 e. The molecule has 1 aliphatic heterocycles. The molecular formula is C36H26N4. The Bertz CT molecular complexity index is 1890. The third-order valence-electron chi connectivity index (χ3n) is 7.14. The minimum atomic E-state index is 0.649. The summed E-state index contributed by atoms with van der Waals surface area (Å²) >= 11 is 0. The molecule has 0 bridgehead atoms. The lowest BCUT2D eigenvalue weighted by Gasteiger charge is -2.12. The number of rotatable bonds is 5. The highest BCUT2D eigenvalue weighted by Gasteiger charge is 2.14. The molecular weight excluding hydrogens is 488 g/mol. The van der Waals surface area contributed by atoms with Crippen molar-refractivity contribution in [3.63, 3.8) is 0 Å². The van der Waals surface area contributed by atoms with Crippen molar-refractivity contribution in [2.24, 2.45) is 0 Å². The molecule has 4 heteroatoms. The van der Waals surface area contributed by atoms with E-state index in [1.165, 1.54) is 10.9 Å². The summed E-state index contributed by atoms with van der Waals surface area (Å²) in [5.41, 5.74) is 7.44. The zero-order valence-electron chi connectivity index (χ0n) is 21.8. The van der Waals surface area contributed by atoms with Crippen LogP contribution in [0.5, 0.6) is 0 Å². The maximum absolute atomic E-state index is 4.98. The van der Waals surface area contributed by atoms with Crippen LogP contribution in [0.3, 0.4) is 0 Å². The first kappa shape index (κ1) is 23.7. The molecule has 0 spiro atoms. The van der Waals surface area contributed by atoms with Crippen molar-refractivity contribution in [3.05, 3.63) is 145 Å².